The summed E-state index contributed by atoms with van der Waals surface area (Å²) in [6.07, 6.45) is 0. The average molecular weight is 338 g/mol. The van der Waals surface area contributed by atoms with E-state index in [1.807, 2.05) is 6.92 Å². The molecule has 6 heteroatoms. The van der Waals surface area contributed by atoms with Crippen LogP contribution in [0.5, 0.6) is 0 Å². The summed E-state index contributed by atoms with van der Waals surface area (Å²) in [6, 6.07) is 11.8. The van der Waals surface area contributed by atoms with E-state index in [9.17, 15) is 17.9 Å². The maximum atomic E-state index is 13.5. The fourth-order valence-corrected chi connectivity index (χ4v) is 4.08. The predicted octanol–water partition coefficient (Wildman–Crippen LogP) is 2.44. The van der Waals surface area contributed by atoms with E-state index in [-0.39, 0.29) is 10.5 Å². The lowest BCUT2D eigenvalue weighted by atomic mass is 9.96. The quantitative estimate of drug-likeness (QED) is 0.879. The Hall–Kier alpha value is -1.76. The van der Waals surface area contributed by atoms with Crippen molar-refractivity contribution in [3.63, 3.8) is 0 Å². The molecule has 1 atom stereocenters. The Bertz CT molecular complexity index is 765. The summed E-state index contributed by atoms with van der Waals surface area (Å²) in [5, 5.41) is 9.76. The van der Waals surface area contributed by atoms with Gasteiger partial charge in [0.25, 0.3) is 0 Å². The van der Waals surface area contributed by atoms with Gasteiger partial charge in [-0.1, -0.05) is 29.8 Å². The van der Waals surface area contributed by atoms with E-state index in [0.717, 1.165) is 5.56 Å². The number of halogens is 1. The number of benzene rings is 2. The Morgan fingerprint density at radius 1 is 1.17 bits per heavy atom. The summed E-state index contributed by atoms with van der Waals surface area (Å²) < 4.78 is 44.1. The third kappa shape index (κ3) is 3.77. The monoisotopic (exact) mass is 338 g/mol. The molecule has 0 aliphatic carbocycles. The predicted molar refractivity (Wildman–Crippen MR) is 85.4 cm³/mol. The van der Waals surface area contributed by atoms with Crippen LogP contribution in [0.4, 0.5) is 4.39 Å². The van der Waals surface area contributed by atoms with Gasteiger partial charge in [0.15, 0.2) is 9.84 Å². The Morgan fingerprint density at radius 3 is 2.35 bits per heavy atom. The van der Waals surface area contributed by atoms with E-state index in [1.165, 1.54) is 43.5 Å². The minimum Gasteiger partial charge on any atom is -0.393 e. The zero-order chi connectivity index (χ0) is 17.1. The molecule has 2 aromatic carbocycles. The van der Waals surface area contributed by atoms with Gasteiger partial charge in [0, 0.05) is 7.11 Å². The number of sulfone groups is 1. The maximum Gasteiger partial charge on any atom is 0.181 e. The zero-order valence-corrected chi connectivity index (χ0v) is 13.8. The molecule has 0 aliphatic heterocycles. The number of hydrogen-bond acceptors (Lipinski definition) is 4. The van der Waals surface area contributed by atoms with Crippen molar-refractivity contribution < 1.29 is 22.7 Å². The summed E-state index contributed by atoms with van der Waals surface area (Å²) in [7, 11) is -2.43. The van der Waals surface area contributed by atoms with Crippen molar-refractivity contribution >= 4 is 9.84 Å². The van der Waals surface area contributed by atoms with Gasteiger partial charge >= 0.3 is 0 Å². The first-order chi connectivity index (χ1) is 10.8. The SMILES string of the molecule is COC(CO)(CS(=O)(=O)c1ccc(C)cc1)c1cccc(F)c1. The van der Waals surface area contributed by atoms with Crippen molar-refractivity contribution in [2.75, 3.05) is 19.5 Å². The van der Waals surface area contributed by atoms with E-state index in [2.05, 4.69) is 0 Å². The zero-order valence-electron chi connectivity index (χ0n) is 13.0. The molecule has 0 aromatic heterocycles. The standard InChI is InChI=1S/C17H19FO4S/c1-13-6-8-16(9-7-13)23(20,21)12-17(11-19,22-2)14-4-3-5-15(18)10-14/h3-10,19H,11-12H2,1-2H3. The molecule has 1 N–H and O–H groups in total. The molecule has 2 rings (SSSR count). The Kier molecular flexibility index (Phi) is 5.19. The third-order valence-corrected chi connectivity index (χ3v) is 5.64. The first-order valence-corrected chi connectivity index (χ1v) is 8.70. The van der Waals surface area contributed by atoms with E-state index in [1.54, 1.807) is 12.1 Å². The highest BCUT2D eigenvalue weighted by molar-refractivity contribution is 7.91. The maximum absolute atomic E-state index is 13.5. The molecule has 0 aliphatic rings. The van der Waals surface area contributed by atoms with Crippen LogP contribution in [0, 0.1) is 12.7 Å². The summed E-state index contributed by atoms with van der Waals surface area (Å²) in [5.41, 5.74) is -0.307. The van der Waals surface area contributed by atoms with Gasteiger partial charge in [0.2, 0.25) is 0 Å². The fraction of sp³-hybridized carbons (Fsp3) is 0.294. The minimum absolute atomic E-state index is 0.134. The van der Waals surface area contributed by atoms with Crippen LogP contribution in [0.2, 0.25) is 0 Å². The Balaban J connectivity index is 2.44. The van der Waals surface area contributed by atoms with Crippen molar-refractivity contribution in [1.29, 1.82) is 0 Å². The Morgan fingerprint density at radius 2 is 1.83 bits per heavy atom. The van der Waals surface area contributed by atoms with Gasteiger partial charge in [-0.05, 0) is 36.8 Å². The summed E-state index contributed by atoms with van der Waals surface area (Å²) in [4.78, 5) is 0.134. The van der Waals surface area contributed by atoms with Crippen LogP contribution in [0.1, 0.15) is 11.1 Å². The highest BCUT2D eigenvalue weighted by atomic mass is 32.2. The number of aliphatic hydroxyl groups excluding tert-OH is 1. The molecule has 0 bridgehead atoms. The van der Waals surface area contributed by atoms with Crippen molar-refractivity contribution in [2.45, 2.75) is 17.4 Å². The molecule has 23 heavy (non-hydrogen) atoms. The second kappa shape index (κ2) is 6.78. The minimum atomic E-state index is -3.73. The molecule has 4 nitrogen and oxygen atoms in total. The molecule has 0 radical (unpaired) electrons. The molecule has 0 fully saturated rings. The number of methoxy groups -OCH3 is 1. The summed E-state index contributed by atoms with van der Waals surface area (Å²) in [5.74, 6) is -1.01. The second-order valence-corrected chi connectivity index (χ2v) is 7.43. The first-order valence-electron chi connectivity index (χ1n) is 7.04. The highest BCUT2D eigenvalue weighted by Gasteiger charge is 2.38. The normalized spacial score (nSPS) is 14.4. The number of hydrogen-bond donors (Lipinski definition) is 1. The topological polar surface area (TPSA) is 63.6 Å². The highest BCUT2D eigenvalue weighted by Crippen LogP contribution is 2.29. The van der Waals surface area contributed by atoms with Gasteiger partial charge in [0.1, 0.15) is 11.4 Å². The van der Waals surface area contributed by atoms with Crippen LogP contribution >= 0.6 is 0 Å². The number of ether oxygens (including phenoxy) is 1. The molecule has 0 saturated heterocycles. The van der Waals surface area contributed by atoms with Crippen LogP contribution in [-0.2, 0) is 20.2 Å². The average Bonchev–Trinajstić information content (AvgIpc) is 2.53. The van der Waals surface area contributed by atoms with E-state index in [4.69, 9.17) is 4.74 Å². The number of aliphatic hydroxyl groups is 1. The van der Waals surface area contributed by atoms with Gasteiger partial charge in [-0.15, -0.1) is 0 Å². The van der Waals surface area contributed by atoms with Crippen LogP contribution in [0.15, 0.2) is 53.4 Å². The lowest BCUT2D eigenvalue weighted by Gasteiger charge is -2.30. The molecule has 0 saturated carbocycles. The fourth-order valence-electron chi connectivity index (χ4n) is 2.37. The van der Waals surface area contributed by atoms with Gasteiger partial charge in [-0.25, -0.2) is 12.8 Å². The van der Waals surface area contributed by atoms with Gasteiger partial charge < -0.3 is 9.84 Å². The van der Waals surface area contributed by atoms with E-state index >= 15 is 0 Å². The lowest BCUT2D eigenvalue weighted by molar-refractivity contribution is -0.0395. The summed E-state index contributed by atoms with van der Waals surface area (Å²) in [6.45, 7) is 1.27. The van der Waals surface area contributed by atoms with Crippen molar-refractivity contribution in [2.24, 2.45) is 0 Å². The van der Waals surface area contributed by atoms with Gasteiger partial charge in [-0.2, -0.15) is 0 Å². The largest absolute Gasteiger partial charge is 0.393 e. The smallest absolute Gasteiger partial charge is 0.181 e. The van der Waals surface area contributed by atoms with E-state index in [0.29, 0.717) is 0 Å². The van der Waals surface area contributed by atoms with E-state index < -0.39 is 33.6 Å². The van der Waals surface area contributed by atoms with Crippen LogP contribution in [0.25, 0.3) is 0 Å². The molecular formula is C17H19FO4S. The molecule has 2 aromatic rings. The molecule has 1 unspecified atom stereocenters. The van der Waals surface area contributed by atoms with Crippen molar-refractivity contribution in [1.82, 2.24) is 0 Å². The molecule has 0 spiro atoms. The van der Waals surface area contributed by atoms with Crippen LogP contribution in [0.3, 0.4) is 0 Å². The summed E-state index contributed by atoms with van der Waals surface area (Å²) >= 11 is 0. The second-order valence-electron chi connectivity index (χ2n) is 5.44. The Labute approximate surface area is 135 Å². The van der Waals surface area contributed by atoms with Crippen molar-refractivity contribution in [3.05, 3.63) is 65.5 Å². The molecule has 0 heterocycles. The molecular weight excluding hydrogens is 319 g/mol. The van der Waals surface area contributed by atoms with Crippen LogP contribution in [-0.4, -0.2) is 33.0 Å². The van der Waals surface area contributed by atoms with Gasteiger partial charge in [0.05, 0.1) is 17.3 Å². The third-order valence-electron chi connectivity index (χ3n) is 3.80. The van der Waals surface area contributed by atoms with Crippen LogP contribution < -0.4 is 0 Å². The molecule has 0 amide bonds. The number of aryl methyl sites for hydroxylation is 1. The molecule has 124 valence electrons. The lowest BCUT2D eigenvalue weighted by Crippen LogP contribution is -2.40. The van der Waals surface area contributed by atoms with Crippen molar-refractivity contribution in [3.8, 4) is 0 Å². The van der Waals surface area contributed by atoms with Gasteiger partial charge in [-0.3, -0.25) is 0 Å². The number of rotatable bonds is 6. The first kappa shape index (κ1) is 17.6.